The van der Waals surface area contributed by atoms with Crippen LogP contribution >= 0.6 is 0 Å². The summed E-state index contributed by atoms with van der Waals surface area (Å²) in [6.45, 7) is 3.74. The number of nitrogens with zero attached hydrogens (tertiary/aromatic N) is 1. The molecule has 0 aliphatic heterocycles. The molecule has 2 aromatic rings. The second-order valence-corrected chi connectivity index (χ2v) is 3.50. The van der Waals surface area contributed by atoms with E-state index in [2.05, 4.69) is 16.5 Å². The summed E-state index contributed by atoms with van der Waals surface area (Å²) in [5.74, 6) is 1.95. The van der Waals surface area contributed by atoms with Crippen LogP contribution < -0.4 is 4.74 Å². The third-order valence-electron chi connectivity index (χ3n) is 2.47. The van der Waals surface area contributed by atoms with Gasteiger partial charge in [0.05, 0.1) is 26.1 Å². The van der Waals surface area contributed by atoms with Gasteiger partial charge in [-0.2, -0.15) is 0 Å². The van der Waals surface area contributed by atoms with Gasteiger partial charge in [0, 0.05) is 5.56 Å². The summed E-state index contributed by atoms with van der Waals surface area (Å²) in [4.78, 5) is 7.34. The number of methoxy groups -OCH3 is 2. The van der Waals surface area contributed by atoms with Crippen LogP contribution in [0.25, 0.3) is 17.0 Å². The zero-order valence-electron chi connectivity index (χ0n) is 9.86. The maximum Gasteiger partial charge on any atom is 0.172 e. The lowest BCUT2D eigenvalue weighted by atomic mass is 10.1. The van der Waals surface area contributed by atoms with Gasteiger partial charge in [-0.1, -0.05) is 18.7 Å². The molecule has 0 amide bonds. The van der Waals surface area contributed by atoms with Gasteiger partial charge in [0.1, 0.15) is 5.75 Å². The molecule has 88 valence electrons. The van der Waals surface area contributed by atoms with E-state index in [-0.39, 0.29) is 0 Å². The van der Waals surface area contributed by atoms with Gasteiger partial charge < -0.3 is 14.5 Å². The summed E-state index contributed by atoms with van der Waals surface area (Å²) in [6.07, 6.45) is 1.74. The van der Waals surface area contributed by atoms with E-state index < -0.39 is 0 Å². The average Bonchev–Trinajstić information content (AvgIpc) is 2.87. The topological polar surface area (TPSA) is 47.1 Å². The van der Waals surface area contributed by atoms with Crippen LogP contribution in [0.1, 0.15) is 5.82 Å². The average molecular weight is 230 g/mol. The molecule has 0 saturated carbocycles. The first-order valence-corrected chi connectivity index (χ1v) is 5.17. The van der Waals surface area contributed by atoms with Gasteiger partial charge in [0.15, 0.2) is 11.6 Å². The number of imidazole rings is 1. The van der Waals surface area contributed by atoms with E-state index in [1.165, 1.54) is 0 Å². The molecular weight excluding hydrogens is 216 g/mol. The third-order valence-corrected chi connectivity index (χ3v) is 2.47. The molecule has 4 nitrogen and oxygen atoms in total. The van der Waals surface area contributed by atoms with Crippen LogP contribution in [-0.4, -0.2) is 24.2 Å². The van der Waals surface area contributed by atoms with Crippen molar-refractivity contribution in [1.29, 1.82) is 0 Å². The molecule has 0 aliphatic rings. The minimum Gasteiger partial charge on any atom is -0.497 e. The highest BCUT2D eigenvalue weighted by molar-refractivity contribution is 5.63. The highest BCUT2D eigenvalue weighted by Gasteiger charge is 2.06. The van der Waals surface area contributed by atoms with Gasteiger partial charge in [0.25, 0.3) is 0 Å². The number of rotatable bonds is 4. The molecule has 4 heteroatoms. The minimum atomic E-state index is 0.513. The first-order valence-electron chi connectivity index (χ1n) is 5.17. The van der Waals surface area contributed by atoms with Crippen molar-refractivity contribution in [2.75, 3.05) is 14.2 Å². The van der Waals surface area contributed by atoms with Crippen LogP contribution in [0, 0.1) is 0 Å². The lowest BCUT2D eigenvalue weighted by Gasteiger charge is -2.02. The van der Waals surface area contributed by atoms with Crippen LogP contribution in [0.4, 0.5) is 0 Å². The number of aromatic nitrogens is 2. The van der Waals surface area contributed by atoms with Gasteiger partial charge in [-0.05, 0) is 12.1 Å². The molecular formula is C13H14N2O2. The maximum atomic E-state index is 5.18. The van der Waals surface area contributed by atoms with E-state index in [4.69, 9.17) is 9.47 Å². The summed E-state index contributed by atoms with van der Waals surface area (Å²) >= 11 is 0. The summed E-state index contributed by atoms with van der Waals surface area (Å²) in [7, 11) is 3.21. The van der Waals surface area contributed by atoms with Crippen molar-refractivity contribution < 1.29 is 9.47 Å². The van der Waals surface area contributed by atoms with E-state index in [0.717, 1.165) is 17.0 Å². The quantitative estimate of drug-likeness (QED) is 0.821. The number of hydrogen-bond acceptors (Lipinski definition) is 3. The first-order chi connectivity index (χ1) is 8.24. The molecule has 0 saturated heterocycles. The molecule has 1 heterocycles. The number of nitrogens with one attached hydrogen (secondary N) is 1. The van der Waals surface area contributed by atoms with Crippen molar-refractivity contribution in [3.8, 4) is 17.0 Å². The zero-order valence-corrected chi connectivity index (χ0v) is 9.86. The Morgan fingerprint density at radius 2 is 2.18 bits per heavy atom. The third kappa shape index (κ3) is 2.30. The summed E-state index contributed by atoms with van der Waals surface area (Å²) in [6, 6.07) is 7.75. The highest BCUT2D eigenvalue weighted by Crippen LogP contribution is 2.23. The van der Waals surface area contributed by atoms with Crippen LogP contribution in [-0.2, 0) is 4.74 Å². The van der Waals surface area contributed by atoms with E-state index in [1.54, 1.807) is 20.4 Å². The summed E-state index contributed by atoms with van der Waals surface area (Å²) in [5, 5.41) is 0. The number of ether oxygens (including phenoxy) is 2. The summed E-state index contributed by atoms with van der Waals surface area (Å²) in [5.41, 5.74) is 1.91. The number of hydrogen-bond donors (Lipinski definition) is 1. The fraction of sp³-hybridized carbons (Fsp3) is 0.154. The van der Waals surface area contributed by atoms with Crippen molar-refractivity contribution in [1.82, 2.24) is 9.97 Å². The van der Waals surface area contributed by atoms with Crippen LogP contribution in [0.3, 0.4) is 0 Å². The molecule has 2 rings (SSSR count). The second-order valence-electron chi connectivity index (χ2n) is 3.50. The Kier molecular flexibility index (Phi) is 3.14. The fourth-order valence-electron chi connectivity index (χ4n) is 1.50. The molecule has 0 bridgehead atoms. The van der Waals surface area contributed by atoms with Gasteiger partial charge in [-0.15, -0.1) is 0 Å². The molecule has 0 atom stereocenters. The maximum absolute atomic E-state index is 5.18. The molecule has 0 spiro atoms. The van der Waals surface area contributed by atoms with E-state index in [9.17, 15) is 0 Å². The lowest BCUT2D eigenvalue weighted by molar-refractivity contribution is 0.368. The van der Waals surface area contributed by atoms with Crippen molar-refractivity contribution >= 4 is 5.76 Å². The Bertz CT molecular complexity index is 532. The Morgan fingerprint density at radius 3 is 2.88 bits per heavy atom. The van der Waals surface area contributed by atoms with E-state index in [0.29, 0.717) is 11.6 Å². The van der Waals surface area contributed by atoms with Crippen LogP contribution in [0.2, 0.25) is 0 Å². The second kappa shape index (κ2) is 4.74. The smallest absolute Gasteiger partial charge is 0.172 e. The lowest BCUT2D eigenvalue weighted by Crippen LogP contribution is -1.88. The van der Waals surface area contributed by atoms with Crippen molar-refractivity contribution in [2.45, 2.75) is 0 Å². The Labute approximate surface area is 99.9 Å². The molecule has 1 aromatic heterocycles. The van der Waals surface area contributed by atoms with Crippen molar-refractivity contribution in [2.24, 2.45) is 0 Å². The van der Waals surface area contributed by atoms with Gasteiger partial charge >= 0.3 is 0 Å². The van der Waals surface area contributed by atoms with Gasteiger partial charge in [-0.3, -0.25) is 0 Å². The molecule has 0 aliphatic carbocycles. The zero-order chi connectivity index (χ0) is 12.3. The fourth-order valence-corrected chi connectivity index (χ4v) is 1.50. The number of benzene rings is 1. The molecule has 0 fully saturated rings. The Morgan fingerprint density at radius 1 is 1.35 bits per heavy atom. The molecule has 0 radical (unpaired) electrons. The largest absolute Gasteiger partial charge is 0.497 e. The number of aromatic amines is 1. The molecule has 17 heavy (non-hydrogen) atoms. The Hall–Kier alpha value is -2.23. The number of H-pyrrole nitrogens is 1. The normalized spacial score (nSPS) is 10.0. The molecule has 1 N–H and O–H groups in total. The first kappa shape index (κ1) is 11.3. The van der Waals surface area contributed by atoms with Gasteiger partial charge in [-0.25, -0.2) is 4.98 Å². The van der Waals surface area contributed by atoms with Crippen molar-refractivity contribution in [3.63, 3.8) is 0 Å². The predicted octanol–water partition coefficient (Wildman–Crippen LogP) is 2.70. The predicted molar refractivity (Wildman–Crippen MR) is 66.6 cm³/mol. The van der Waals surface area contributed by atoms with E-state index >= 15 is 0 Å². The molecule has 0 unspecified atom stereocenters. The molecule has 1 aromatic carbocycles. The Balaban J connectivity index is 2.33. The standard InChI is InChI=1S/C13H14N2O2/c1-9(16-2)13-14-8-12(15-13)10-5-4-6-11(7-10)17-3/h4-8H,1H2,2-3H3,(H,14,15). The monoisotopic (exact) mass is 230 g/mol. The van der Waals surface area contributed by atoms with Crippen LogP contribution in [0.15, 0.2) is 37.0 Å². The highest BCUT2D eigenvalue weighted by atomic mass is 16.5. The van der Waals surface area contributed by atoms with E-state index in [1.807, 2.05) is 24.3 Å². The summed E-state index contributed by atoms with van der Waals surface area (Å²) < 4.78 is 10.2. The van der Waals surface area contributed by atoms with Crippen LogP contribution in [0.5, 0.6) is 5.75 Å². The van der Waals surface area contributed by atoms with Gasteiger partial charge in [0.2, 0.25) is 0 Å². The SMILES string of the molecule is C=C(OC)c1ncc(-c2cccc(OC)c2)[nH]1. The minimum absolute atomic E-state index is 0.513. The van der Waals surface area contributed by atoms with Crippen molar-refractivity contribution in [3.05, 3.63) is 42.9 Å².